The Morgan fingerprint density at radius 3 is 2.75 bits per heavy atom. The first kappa shape index (κ1) is 20.7. The molecule has 1 heterocycles. The second kappa shape index (κ2) is 9.47. The van der Waals surface area contributed by atoms with Crippen molar-refractivity contribution in [1.29, 1.82) is 0 Å². The predicted octanol–water partition coefficient (Wildman–Crippen LogP) is 4.27. The molecule has 1 aliphatic rings. The zero-order valence-corrected chi connectivity index (χ0v) is 18.0. The van der Waals surface area contributed by atoms with Gasteiger partial charge in [0.05, 0.1) is 6.54 Å². The Labute approximate surface area is 174 Å². The van der Waals surface area contributed by atoms with Crippen molar-refractivity contribution in [2.45, 2.75) is 51.6 Å². The van der Waals surface area contributed by atoms with E-state index in [1.54, 1.807) is 6.08 Å². The highest BCUT2D eigenvalue weighted by atomic mass is 79.9. The van der Waals surface area contributed by atoms with Crippen LogP contribution >= 0.6 is 15.9 Å². The fourth-order valence-electron chi connectivity index (χ4n) is 3.59. The summed E-state index contributed by atoms with van der Waals surface area (Å²) < 4.78 is 6.46. The predicted molar refractivity (Wildman–Crippen MR) is 112 cm³/mol. The zero-order valence-electron chi connectivity index (χ0n) is 16.4. The maximum absolute atomic E-state index is 12.6. The van der Waals surface area contributed by atoms with E-state index >= 15 is 0 Å². The van der Waals surface area contributed by atoms with Gasteiger partial charge in [-0.25, -0.2) is 0 Å². The second-order valence-electron chi connectivity index (χ2n) is 7.14. The van der Waals surface area contributed by atoms with Gasteiger partial charge in [0.15, 0.2) is 5.82 Å². The molecule has 0 atom stereocenters. The van der Waals surface area contributed by atoms with E-state index in [-0.39, 0.29) is 5.91 Å². The van der Waals surface area contributed by atoms with Crippen molar-refractivity contribution in [1.82, 2.24) is 20.4 Å². The molecule has 1 aromatic carbocycles. The summed E-state index contributed by atoms with van der Waals surface area (Å²) in [6.45, 7) is 6.70. The molecule has 0 aliphatic heterocycles. The fraction of sp³-hybridized carbons (Fsp3) is 0.476. The van der Waals surface area contributed by atoms with Gasteiger partial charge in [0.1, 0.15) is 5.54 Å². The molecule has 1 amide bonds. The third-order valence-corrected chi connectivity index (χ3v) is 5.74. The van der Waals surface area contributed by atoms with Crippen LogP contribution in [0.5, 0.6) is 0 Å². The molecule has 0 unspecified atom stereocenters. The van der Waals surface area contributed by atoms with Crippen molar-refractivity contribution in [2.75, 3.05) is 13.1 Å². The lowest BCUT2D eigenvalue weighted by atomic mass is 9.96. The van der Waals surface area contributed by atoms with Gasteiger partial charge in [0.25, 0.3) is 0 Å². The number of amides is 1. The van der Waals surface area contributed by atoms with Crippen LogP contribution in [0, 0.1) is 0 Å². The van der Waals surface area contributed by atoms with Gasteiger partial charge in [-0.1, -0.05) is 59.9 Å². The van der Waals surface area contributed by atoms with Crippen molar-refractivity contribution >= 4 is 27.9 Å². The standard InChI is InChI=1S/C21H27BrN4O2/c1-3-26(4-2)15-19-23-20(25-28-19)21(12-5-6-13-21)24-18(27)11-10-16-8-7-9-17(22)14-16/h7-11,14H,3-6,12-13,15H2,1-2H3,(H,24,27)/b11-10-. The number of rotatable bonds is 8. The Hall–Kier alpha value is -1.99. The number of carbonyl (C=O) groups is 1. The molecule has 1 N–H and O–H groups in total. The number of aromatic nitrogens is 2. The quantitative estimate of drug-likeness (QED) is 0.612. The van der Waals surface area contributed by atoms with Crippen molar-refractivity contribution in [3.63, 3.8) is 0 Å². The maximum Gasteiger partial charge on any atom is 0.244 e. The van der Waals surface area contributed by atoms with Gasteiger partial charge >= 0.3 is 0 Å². The topological polar surface area (TPSA) is 71.3 Å². The number of hydrogen-bond donors (Lipinski definition) is 1. The SMILES string of the molecule is CCN(CC)Cc1nc(C2(NC(=O)/C=C\c3cccc(Br)c3)CCCC2)no1. The minimum Gasteiger partial charge on any atom is -0.340 e. The molecule has 1 aromatic heterocycles. The Kier molecular flexibility index (Phi) is 7.02. The summed E-state index contributed by atoms with van der Waals surface area (Å²) in [7, 11) is 0. The molecule has 7 heteroatoms. The van der Waals surface area contributed by atoms with Gasteiger partial charge in [-0.15, -0.1) is 0 Å². The Bertz CT molecular complexity index is 823. The lowest BCUT2D eigenvalue weighted by Gasteiger charge is -2.26. The molecule has 1 saturated carbocycles. The van der Waals surface area contributed by atoms with Crippen LogP contribution in [0.15, 0.2) is 39.3 Å². The van der Waals surface area contributed by atoms with Crippen molar-refractivity contribution in [3.8, 4) is 0 Å². The molecule has 0 bridgehead atoms. The van der Waals surface area contributed by atoms with Crippen LogP contribution < -0.4 is 5.32 Å². The van der Waals surface area contributed by atoms with Crippen LogP contribution in [0.1, 0.15) is 56.8 Å². The first-order chi connectivity index (χ1) is 13.5. The summed E-state index contributed by atoms with van der Waals surface area (Å²) in [6, 6.07) is 7.82. The van der Waals surface area contributed by atoms with Gasteiger partial charge in [-0.05, 0) is 49.7 Å². The number of hydrogen-bond acceptors (Lipinski definition) is 5. The molecule has 2 aromatic rings. The van der Waals surface area contributed by atoms with E-state index in [0.29, 0.717) is 18.3 Å². The normalized spacial score (nSPS) is 16.1. The number of halogens is 1. The van der Waals surface area contributed by atoms with Crippen molar-refractivity contribution < 1.29 is 9.32 Å². The molecule has 0 saturated heterocycles. The molecule has 6 nitrogen and oxygen atoms in total. The van der Waals surface area contributed by atoms with E-state index in [9.17, 15) is 4.79 Å². The summed E-state index contributed by atoms with van der Waals surface area (Å²) >= 11 is 3.44. The van der Waals surface area contributed by atoms with Crippen LogP contribution in [-0.2, 0) is 16.9 Å². The molecule has 150 valence electrons. The molecule has 3 rings (SSSR count). The Morgan fingerprint density at radius 1 is 1.32 bits per heavy atom. The number of benzene rings is 1. The minimum absolute atomic E-state index is 0.142. The third-order valence-electron chi connectivity index (χ3n) is 5.24. The molecular weight excluding hydrogens is 420 g/mol. The van der Waals surface area contributed by atoms with E-state index in [1.807, 2.05) is 30.3 Å². The maximum atomic E-state index is 12.6. The van der Waals surface area contributed by atoms with Gasteiger partial charge < -0.3 is 9.84 Å². The molecule has 1 aliphatic carbocycles. The molecule has 1 fully saturated rings. The number of carbonyl (C=O) groups excluding carboxylic acids is 1. The number of nitrogens with zero attached hydrogens (tertiary/aromatic N) is 3. The van der Waals surface area contributed by atoms with E-state index in [0.717, 1.165) is 48.8 Å². The van der Waals surface area contributed by atoms with Crippen LogP contribution in [0.3, 0.4) is 0 Å². The van der Waals surface area contributed by atoms with E-state index in [2.05, 4.69) is 50.1 Å². The fourth-order valence-corrected chi connectivity index (χ4v) is 4.01. The van der Waals surface area contributed by atoms with Crippen LogP contribution in [0.4, 0.5) is 0 Å². The highest BCUT2D eigenvalue weighted by molar-refractivity contribution is 9.10. The van der Waals surface area contributed by atoms with Gasteiger partial charge in [0, 0.05) is 10.5 Å². The van der Waals surface area contributed by atoms with Crippen LogP contribution in [0.25, 0.3) is 6.08 Å². The monoisotopic (exact) mass is 446 g/mol. The Balaban J connectivity index is 1.72. The van der Waals surface area contributed by atoms with Gasteiger partial charge in [-0.3, -0.25) is 9.69 Å². The molecule has 28 heavy (non-hydrogen) atoms. The largest absolute Gasteiger partial charge is 0.340 e. The molecular formula is C21H27BrN4O2. The average Bonchev–Trinajstić information content (AvgIpc) is 3.35. The third kappa shape index (κ3) is 5.08. The van der Waals surface area contributed by atoms with Gasteiger partial charge in [0.2, 0.25) is 11.8 Å². The van der Waals surface area contributed by atoms with Crippen molar-refractivity contribution in [2.24, 2.45) is 0 Å². The lowest BCUT2D eigenvalue weighted by Crippen LogP contribution is -2.44. The Morgan fingerprint density at radius 2 is 2.07 bits per heavy atom. The van der Waals surface area contributed by atoms with Crippen LogP contribution in [-0.4, -0.2) is 34.0 Å². The van der Waals surface area contributed by atoms with E-state index in [4.69, 9.17) is 4.52 Å². The highest BCUT2D eigenvalue weighted by Crippen LogP contribution is 2.37. The average molecular weight is 447 g/mol. The zero-order chi connectivity index (χ0) is 20.0. The first-order valence-electron chi connectivity index (χ1n) is 9.86. The molecule has 0 radical (unpaired) electrons. The second-order valence-corrected chi connectivity index (χ2v) is 8.06. The summed E-state index contributed by atoms with van der Waals surface area (Å²) in [5, 5.41) is 7.37. The van der Waals surface area contributed by atoms with Crippen LogP contribution in [0.2, 0.25) is 0 Å². The van der Waals surface area contributed by atoms with E-state index < -0.39 is 5.54 Å². The smallest absolute Gasteiger partial charge is 0.244 e. The molecule has 0 spiro atoms. The van der Waals surface area contributed by atoms with Crippen molar-refractivity contribution in [3.05, 3.63) is 52.1 Å². The summed E-state index contributed by atoms with van der Waals surface area (Å²) in [5.41, 5.74) is 0.426. The first-order valence-corrected chi connectivity index (χ1v) is 10.6. The minimum atomic E-state index is -0.538. The number of nitrogens with one attached hydrogen (secondary N) is 1. The highest BCUT2D eigenvalue weighted by Gasteiger charge is 2.41. The lowest BCUT2D eigenvalue weighted by molar-refractivity contribution is -0.118. The summed E-state index contributed by atoms with van der Waals surface area (Å²) in [5.74, 6) is 1.05. The van der Waals surface area contributed by atoms with Gasteiger partial charge in [-0.2, -0.15) is 4.98 Å². The van der Waals surface area contributed by atoms with E-state index in [1.165, 1.54) is 0 Å². The summed E-state index contributed by atoms with van der Waals surface area (Å²) in [4.78, 5) is 19.4. The summed E-state index contributed by atoms with van der Waals surface area (Å²) in [6.07, 6.45) is 7.11.